The Hall–Kier alpha value is -0.720. The molecule has 0 bridgehead atoms. The molecule has 5 nitrogen and oxygen atoms in total. The topological polar surface area (TPSA) is 50.3 Å². The van der Waals surface area contributed by atoms with Crippen LogP contribution in [-0.2, 0) is 4.74 Å². The normalized spacial score (nSPS) is 26.1. The van der Waals surface area contributed by atoms with E-state index in [0.29, 0.717) is 12.0 Å². The summed E-state index contributed by atoms with van der Waals surface area (Å²) in [6.07, 6.45) is 2.84. The first kappa shape index (κ1) is 15.2. The molecule has 2 aliphatic heterocycles. The van der Waals surface area contributed by atoms with E-state index in [-0.39, 0.29) is 6.10 Å². The van der Waals surface area contributed by atoms with Crippen molar-refractivity contribution in [3.63, 3.8) is 0 Å². The highest BCUT2D eigenvalue weighted by molar-refractivity contribution is 9.10. The lowest BCUT2D eigenvalue weighted by Gasteiger charge is -2.35. The lowest BCUT2D eigenvalue weighted by Crippen LogP contribution is -2.48. The third kappa shape index (κ3) is 3.73. The second-order valence-corrected chi connectivity index (χ2v) is 7.03. The van der Waals surface area contributed by atoms with Crippen LogP contribution in [0.15, 0.2) is 10.7 Å². The number of rotatable bonds is 4. The van der Waals surface area contributed by atoms with Gasteiger partial charge < -0.3 is 10.1 Å². The van der Waals surface area contributed by atoms with Gasteiger partial charge in [0.2, 0.25) is 0 Å². The van der Waals surface area contributed by atoms with Gasteiger partial charge in [-0.15, -0.1) is 0 Å². The summed E-state index contributed by atoms with van der Waals surface area (Å²) in [7, 11) is 0. The summed E-state index contributed by atoms with van der Waals surface area (Å²) in [5.41, 5.74) is 0. The van der Waals surface area contributed by atoms with Gasteiger partial charge in [0, 0.05) is 31.1 Å². The molecule has 0 aliphatic carbocycles. The summed E-state index contributed by atoms with van der Waals surface area (Å²) < 4.78 is 6.79. The van der Waals surface area contributed by atoms with Gasteiger partial charge in [0.25, 0.3) is 0 Å². The van der Waals surface area contributed by atoms with Gasteiger partial charge in [0.15, 0.2) is 0 Å². The molecule has 1 aromatic heterocycles. The van der Waals surface area contributed by atoms with E-state index < -0.39 is 0 Å². The molecule has 0 aromatic carbocycles. The fourth-order valence-corrected chi connectivity index (χ4v) is 3.41. The van der Waals surface area contributed by atoms with Crippen LogP contribution < -0.4 is 5.32 Å². The molecular formula is C15H23BrN4O. The molecule has 0 spiro atoms. The predicted molar refractivity (Wildman–Crippen MR) is 86.6 cm³/mol. The van der Waals surface area contributed by atoms with Gasteiger partial charge in [-0.1, -0.05) is 13.8 Å². The largest absolute Gasteiger partial charge is 0.373 e. The maximum Gasteiger partial charge on any atom is 0.134 e. The van der Waals surface area contributed by atoms with Crippen LogP contribution in [0.5, 0.6) is 0 Å². The molecule has 2 aliphatic rings. The molecule has 2 fully saturated rings. The Morgan fingerprint density at radius 1 is 1.48 bits per heavy atom. The number of nitrogens with one attached hydrogen (secondary N) is 1. The highest BCUT2D eigenvalue weighted by Gasteiger charge is 2.31. The summed E-state index contributed by atoms with van der Waals surface area (Å²) >= 11 is 3.45. The highest BCUT2D eigenvalue weighted by Crippen LogP contribution is 2.23. The fourth-order valence-electron chi connectivity index (χ4n) is 3.01. The van der Waals surface area contributed by atoms with E-state index in [1.807, 2.05) is 6.07 Å². The van der Waals surface area contributed by atoms with Gasteiger partial charge in [0.05, 0.1) is 12.7 Å². The van der Waals surface area contributed by atoms with E-state index >= 15 is 0 Å². The van der Waals surface area contributed by atoms with Crippen molar-refractivity contribution in [1.82, 2.24) is 14.9 Å². The van der Waals surface area contributed by atoms with Crippen molar-refractivity contribution >= 4 is 21.7 Å². The van der Waals surface area contributed by atoms with Crippen LogP contribution in [0, 0.1) is 0 Å². The highest BCUT2D eigenvalue weighted by atomic mass is 79.9. The van der Waals surface area contributed by atoms with E-state index in [4.69, 9.17) is 4.74 Å². The minimum Gasteiger partial charge on any atom is -0.373 e. The Balaban J connectivity index is 1.57. The lowest BCUT2D eigenvalue weighted by atomic mass is 10.2. The molecule has 21 heavy (non-hydrogen) atoms. The Labute approximate surface area is 134 Å². The van der Waals surface area contributed by atoms with E-state index in [1.165, 1.54) is 19.4 Å². The quantitative estimate of drug-likeness (QED) is 0.842. The summed E-state index contributed by atoms with van der Waals surface area (Å²) in [5.74, 6) is 2.04. The van der Waals surface area contributed by atoms with Crippen LogP contribution in [0.25, 0.3) is 0 Å². The first-order chi connectivity index (χ1) is 10.1. The minimum absolute atomic E-state index is 0.246. The van der Waals surface area contributed by atoms with Crippen molar-refractivity contribution in [3.05, 3.63) is 16.5 Å². The van der Waals surface area contributed by atoms with Gasteiger partial charge in [-0.3, -0.25) is 4.90 Å². The van der Waals surface area contributed by atoms with E-state index in [9.17, 15) is 0 Å². The number of nitrogens with zero attached hydrogens (tertiary/aromatic N) is 3. The standard InChI is InChI=1S/C15H23BrN4O/c1-10(2)15-18-13(16)6-14(19-15)17-7-12-8-20-5-3-4-11(20)9-21-12/h6,10-12H,3-5,7-9H2,1-2H3,(H,17,18,19). The average Bonchev–Trinajstić information content (AvgIpc) is 2.92. The molecule has 0 saturated carbocycles. The Kier molecular flexibility index (Phi) is 4.76. The van der Waals surface area contributed by atoms with Gasteiger partial charge in [-0.2, -0.15) is 0 Å². The van der Waals surface area contributed by atoms with Crippen molar-refractivity contribution in [1.29, 1.82) is 0 Å². The second kappa shape index (κ2) is 6.58. The summed E-state index contributed by atoms with van der Waals surface area (Å²) in [4.78, 5) is 11.5. The fraction of sp³-hybridized carbons (Fsp3) is 0.733. The van der Waals surface area contributed by atoms with Crippen LogP contribution in [0.1, 0.15) is 38.4 Å². The summed E-state index contributed by atoms with van der Waals surface area (Å²) in [6, 6.07) is 2.58. The molecule has 2 unspecified atom stereocenters. The SMILES string of the molecule is CC(C)c1nc(Br)cc(NCC2CN3CCCC3CO2)n1. The van der Waals surface area contributed by atoms with Gasteiger partial charge in [-0.05, 0) is 35.3 Å². The zero-order valence-electron chi connectivity index (χ0n) is 12.7. The van der Waals surface area contributed by atoms with Crippen molar-refractivity contribution in [2.45, 2.75) is 44.8 Å². The number of halogens is 1. The maximum absolute atomic E-state index is 5.96. The van der Waals surface area contributed by atoms with Crippen molar-refractivity contribution in [2.24, 2.45) is 0 Å². The Morgan fingerprint density at radius 2 is 2.33 bits per heavy atom. The van der Waals surface area contributed by atoms with Crippen LogP contribution in [0.4, 0.5) is 5.82 Å². The summed E-state index contributed by atoms with van der Waals surface area (Å²) in [5, 5.41) is 3.40. The monoisotopic (exact) mass is 354 g/mol. The molecule has 2 saturated heterocycles. The van der Waals surface area contributed by atoms with Crippen molar-refractivity contribution in [3.8, 4) is 0 Å². The first-order valence-corrected chi connectivity index (χ1v) is 8.55. The third-order valence-electron chi connectivity index (χ3n) is 4.20. The number of fused-ring (bicyclic) bond motifs is 1. The number of anilines is 1. The molecule has 1 aromatic rings. The zero-order valence-corrected chi connectivity index (χ0v) is 14.3. The van der Waals surface area contributed by atoms with Gasteiger partial charge in [0.1, 0.15) is 16.2 Å². The molecular weight excluding hydrogens is 332 g/mol. The molecule has 1 N–H and O–H groups in total. The number of ether oxygens (including phenoxy) is 1. The molecule has 0 amide bonds. The zero-order chi connectivity index (χ0) is 14.8. The summed E-state index contributed by atoms with van der Waals surface area (Å²) in [6.45, 7) is 8.12. The van der Waals surface area contributed by atoms with Crippen LogP contribution in [0.2, 0.25) is 0 Å². The van der Waals surface area contributed by atoms with Crippen LogP contribution in [0.3, 0.4) is 0 Å². The molecule has 0 radical (unpaired) electrons. The third-order valence-corrected chi connectivity index (χ3v) is 4.61. The first-order valence-electron chi connectivity index (χ1n) is 7.76. The van der Waals surface area contributed by atoms with E-state index in [0.717, 1.165) is 35.9 Å². The van der Waals surface area contributed by atoms with Crippen molar-refractivity contribution in [2.75, 3.05) is 31.6 Å². The minimum atomic E-state index is 0.246. The number of aromatic nitrogens is 2. The predicted octanol–water partition coefficient (Wildman–Crippen LogP) is 2.64. The molecule has 116 valence electrons. The second-order valence-electron chi connectivity index (χ2n) is 6.22. The van der Waals surface area contributed by atoms with Crippen LogP contribution >= 0.6 is 15.9 Å². The Morgan fingerprint density at radius 3 is 3.14 bits per heavy atom. The number of hydrogen-bond donors (Lipinski definition) is 1. The smallest absolute Gasteiger partial charge is 0.134 e. The van der Waals surface area contributed by atoms with E-state index in [2.05, 4.69) is 50.0 Å². The number of morpholine rings is 1. The number of hydrogen-bond acceptors (Lipinski definition) is 5. The van der Waals surface area contributed by atoms with Crippen molar-refractivity contribution < 1.29 is 4.74 Å². The average molecular weight is 355 g/mol. The Bertz CT molecular complexity index is 497. The molecule has 6 heteroatoms. The van der Waals surface area contributed by atoms with Gasteiger partial charge >= 0.3 is 0 Å². The van der Waals surface area contributed by atoms with Crippen LogP contribution in [-0.4, -0.2) is 53.3 Å². The van der Waals surface area contributed by atoms with E-state index in [1.54, 1.807) is 0 Å². The van der Waals surface area contributed by atoms with Gasteiger partial charge in [-0.25, -0.2) is 9.97 Å². The molecule has 3 heterocycles. The maximum atomic E-state index is 5.96. The molecule has 3 rings (SSSR count). The lowest BCUT2D eigenvalue weighted by molar-refractivity contribution is -0.0416. The molecule has 2 atom stereocenters.